The van der Waals surface area contributed by atoms with Crippen LogP contribution < -0.4 is 17.0 Å². The van der Waals surface area contributed by atoms with E-state index in [1.165, 1.54) is 23.1 Å². The maximum absolute atomic E-state index is 11.2. The van der Waals surface area contributed by atoms with E-state index in [1.807, 2.05) is 6.92 Å². The van der Waals surface area contributed by atoms with Crippen LogP contribution in [-0.4, -0.2) is 21.4 Å². The minimum atomic E-state index is -0.243. The van der Waals surface area contributed by atoms with Crippen molar-refractivity contribution in [1.29, 1.82) is 0 Å². The summed E-state index contributed by atoms with van der Waals surface area (Å²) in [5, 5.41) is 7.61. The van der Waals surface area contributed by atoms with Gasteiger partial charge in [-0.05, 0) is 6.42 Å². The van der Waals surface area contributed by atoms with E-state index in [1.54, 1.807) is 0 Å². The van der Waals surface area contributed by atoms with Crippen molar-refractivity contribution in [2.75, 3.05) is 5.73 Å². The van der Waals surface area contributed by atoms with E-state index < -0.39 is 0 Å². The van der Waals surface area contributed by atoms with Crippen molar-refractivity contribution in [3.63, 3.8) is 0 Å². The normalized spacial score (nSPS) is 12.4. The van der Waals surface area contributed by atoms with Gasteiger partial charge in [-0.2, -0.15) is 0 Å². The maximum Gasteiger partial charge on any atom is 0.247 e. The Bertz CT molecular complexity index is 315. The summed E-state index contributed by atoms with van der Waals surface area (Å²) in [5.74, 6) is 4.82. The zero-order valence-corrected chi connectivity index (χ0v) is 9.19. The van der Waals surface area contributed by atoms with Crippen LogP contribution in [0.3, 0.4) is 0 Å². The van der Waals surface area contributed by atoms with Gasteiger partial charge in [-0.3, -0.25) is 10.2 Å². The maximum atomic E-state index is 11.2. The number of carbonyl (C=O) groups is 1. The number of amides is 1. The number of hydrogen-bond acceptors (Lipinski definition) is 7. The number of anilines is 1. The first-order chi connectivity index (χ1) is 6.67. The molecule has 0 radical (unpaired) electrons. The molecule has 0 aliphatic carbocycles. The lowest BCUT2D eigenvalue weighted by Gasteiger charge is -2.09. The summed E-state index contributed by atoms with van der Waals surface area (Å²) in [6.07, 6.45) is 0.674. The van der Waals surface area contributed by atoms with Crippen LogP contribution in [0.15, 0.2) is 4.34 Å². The number of nitrogens with zero attached hydrogens (tertiary/aromatic N) is 2. The zero-order valence-electron chi connectivity index (χ0n) is 7.56. The van der Waals surface area contributed by atoms with Crippen LogP contribution in [0.1, 0.15) is 13.3 Å². The van der Waals surface area contributed by atoms with Crippen LogP contribution in [-0.2, 0) is 4.79 Å². The average molecular weight is 233 g/mol. The molecular weight excluding hydrogens is 222 g/mol. The Morgan fingerprint density at radius 1 is 1.71 bits per heavy atom. The Hall–Kier alpha value is -0.860. The van der Waals surface area contributed by atoms with E-state index in [0.29, 0.717) is 15.9 Å². The number of rotatable bonds is 4. The van der Waals surface area contributed by atoms with Crippen molar-refractivity contribution in [2.45, 2.75) is 22.9 Å². The van der Waals surface area contributed by atoms with Gasteiger partial charge >= 0.3 is 0 Å². The van der Waals surface area contributed by atoms with Crippen molar-refractivity contribution < 1.29 is 4.79 Å². The quantitative estimate of drug-likeness (QED) is 0.292. The second kappa shape index (κ2) is 5.13. The van der Waals surface area contributed by atoms with E-state index in [4.69, 9.17) is 11.6 Å². The molecule has 8 heteroatoms. The lowest BCUT2D eigenvalue weighted by molar-refractivity contribution is -0.120. The smallest absolute Gasteiger partial charge is 0.247 e. The fourth-order valence-electron chi connectivity index (χ4n) is 0.805. The number of hydrazine groups is 1. The van der Waals surface area contributed by atoms with Crippen molar-refractivity contribution in [3.05, 3.63) is 0 Å². The highest BCUT2D eigenvalue weighted by Crippen LogP contribution is 2.28. The third kappa shape index (κ3) is 2.82. The first kappa shape index (κ1) is 11.2. The SMILES string of the molecule is CCC(Sc1nnc(N)s1)C(=O)NN. The highest BCUT2D eigenvalue weighted by atomic mass is 32.2. The molecule has 0 spiro atoms. The largest absolute Gasteiger partial charge is 0.374 e. The molecule has 1 rings (SSSR count). The fourth-order valence-corrected chi connectivity index (χ4v) is 2.62. The topological polar surface area (TPSA) is 107 Å². The summed E-state index contributed by atoms with van der Waals surface area (Å²) in [7, 11) is 0. The molecule has 0 aliphatic rings. The molecule has 1 heterocycles. The lowest BCUT2D eigenvalue weighted by Crippen LogP contribution is -2.37. The summed E-state index contributed by atoms with van der Waals surface area (Å²) >= 11 is 2.57. The minimum Gasteiger partial charge on any atom is -0.374 e. The van der Waals surface area contributed by atoms with Crippen molar-refractivity contribution in [2.24, 2.45) is 5.84 Å². The first-order valence-electron chi connectivity index (χ1n) is 3.93. The molecule has 6 nitrogen and oxygen atoms in total. The highest BCUT2D eigenvalue weighted by Gasteiger charge is 2.18. The second-order valence-electron chi connectivity index (χ2n) is 2.43. The number of nitrogens with one attached hydrogen (secondary N) is 1. The number of thioether (sulfide) groups is 1. The third-order valence-corrected chi connectivity index (χ3v) is 3.67. The molecular formula is C6H11N5OS2. The van der Waals surface area contributed by atoms with E-state index in [9.17, 15) is 4.79 Å². The van der Waals surface area contributed by atoms with Crippen LogP contribution in [0.25, 0.3) is 0 Å². The Balaban J connectivity index is 2.61. The molecule has 0 saturated heterocycles. The summed E-state index contributed by atoms with van der Waals surface area (Å²) in [6, 6.07) is 0. The zero-order chi connectivity index (χ0) is 10.6. The molecule has 1 atom stereocenters. The second-order valence-corrected chi connectivity index (χ2v) is 4.89. The minimum absolute atomic E-state index is 0.216. The van der Waals surface area contributed by atoms with Gasteiger partial charge in [0.1, 0.15) is 0 Å². The van der Waals surface area contributed by atoms with Gasteiger partial charge in [0.15, 0.2) is 4.34 Å². The van der Waals surface area contributed by atoms with E-state index in [-0.39, 0.29) is 11.2 Å². The number of aromatic nitrogens is 2. The summed E-state index contributed by atoms with van der Waals surface area (Å²) < 4.78 is 0.679. The van der Waals surface area contributed by atoms with Gasteiger partial charge in [0, 0.05) is 0 Å². The molecule has 0 bridgehead atoms. The molecule has 1 aromatic heterocycles. The molecule has 14 heavy (non-hydrogen) atoms. The average Bonchev–Trinajstić information content (AvgIpc) is 2.59. The molecule has 0 aliphatic heterocycles. The molecule has 0 aromatic carbocycles. The van der Waals surface area contributed by atoms with E-state index in [0.717, 1.165) is 0 Å². The molecule has 5 N–H and O–H groups in total. The third-order valence-electron chi connectivity index (χ3n) is 1.47. The van der Waals surface area contributed by atoms with Crippen LogP contribution in [0, 0.1) is 0 Å². The lowest BCUT2D eigenvalue weighted by atomic mass is 10.3. The molecule has 1 unspecified atom stereocenters. The van der Waals surface area contributed by atoms with Crippen LogP contribution in [0.5, 0.6) is 0 Å². The Kier molecular flexibility index (Phi) is 4.11. The molecule has 0 saturated carbocycles. The Morgan fingerprint density at radius 2 is 2.43 bits per heavy atom. The number of nitrogens with two attached hydrogens (primary N) is 2. The highest BCUT2D eigenvalue weighted by molar-refractivity contribution is 8.02. The van der Waals surface area contributed by atoms with E-state index in [2.05, 4.69) is 15.6 Å². The Morgan fingerprint density at radius 3 is 2.86 bits per heavy atom. The monoisotopic (exact) mass is 233 g/mol. The summed E-state index contributed by atoms with van der Waals surface area (Å²) in [4.78, 5) is 11.2. The first-order valence-corrected chi connectivity index (χ1v) is 5.63. The number of hydrogen-bond donors (Lipinski definition) is 3. The molecule has 1 aromatic rings. The van der Waals surface area contributed by atoms with Gasteiger partial charge in [-0.1, -0.05) is 30.0 Å². The standard InChI is InChI=1S/C6H11N5OS2/c1-2-3(4(12)9-8)13-6-11-10-5(7)14-6/h3H,2,8H2,1H3,(H2,7,10)(H,9,12). The van der Waals surface area contributed by atoms with Crippen LogP contribution in [0.2, 0.25) is 0 Å². The number of carbonyl (C=O) groups excluding carboxylic acids is 1. The number of nitrogen functional groups attached to an aromatic ring is 1. The molecule has 0 fully saturated rings. The summed E-state index contributed by atoms with van der Waals surface area (Å²) in [6.45, 7) is 1.90. The van der Waals surface area contributed by atoms with Gasteiger partial charge in [0.05, 0.1) is 5.25 Å². The predicted molar refractivity (Wildman–Crippen MR) is 56.6 cm³/mol. The van der Waals surface area contributed by atoms with Gasteiger partial charge < -0.3 is 5.73 Å². The van der Waals surface area contributed by atoms with Gasteiger partial charge in [0.2, 0.25) is 11.0 Å². The molecule has 1 amide bonds. The van der Waals surface area contributed by atoms with Gasteiger partial charge in [0.25, 0.3) is 0 Å². The van der Waals surface area contributed by atoms with Crippen LogP contribution >= 0.6 is 23.1 Å². The molecule has 78 valence electrons. The van der Waals surface area contributed by atoms with Crippen molar-refractivity contribution in [3.8, 4) is 0 Å². The summed E-state index contributed by atoms with van der Waals surface area (Å²) in [5.41, 5.74) is 7.52. The van der Waals surface area contributed by atoms with Gasteiger partial charge in [-0.25, -0.2) is 5.84 Å². The van der Waals surface area contributed by atoms with Gasteiger partial charge in [-0.15, -0.1) is 10.2 Å². The van der Waals surface area contributed by atoms with Crippen LogP contribution in [0.4, 0.5) is 5.13 Å². The van der Waals surface area contributed by atoms with Crippen molar-refractivity contribution in [1.82, 2.24) is 15.6 Å². The predicted octanol–water partition coefficient (Wildman–Crippen LogP) is -0.0191. The van der Waals surface area contributed by atoms with Crippen molar-refractivity contribution >= 4 is 34.1 Å². The Labute approximate surface area is 89.4 Å². The fraction of sp³-hybridized carbons (Fsp3) is 0.500. The van der Waals surface area contributed by atoms with E-state index >= 15 is 0 Å².